The predicted octanol–water partition coefficient (Wildman–Crippen LogP) is 2.05. The van der Waals surface area contributed by atoms with Crippen LogP contribution >= 0.6 is 0 Å². The topological polar surface area (TPSA) is 97.3 Å². The number of nitrogen functional groups attached to an aromatic ring is 1. The van der Waals surface area contributed by atoms with Crippen molar-refractivity contribution in [2.45, 2.75) is 6.54 Å². The van der Waals surface area contributed by atoms with E-state index < -0.39 is 4.92 Å². The van der Waals surface area contributed by atoms with E-state index in [1.165, 1.54) is 18.2 Å². The maximum atomic E-state index is 13.6. The first-order valence-corrected chi connectivity index (χ1v) is 6.09. The van der Waals surface area contributed by atoms with E-state index in [9.17, 15) is 14.5 Å². The summed E-state index contributed by atoms with van der Waals surface area (Å²) in [5.41, 5.74) is 2.60. The molecule has 0 amide bonds. The summed E-state index contributed by atoms with van der Waals surface area (Å²) in [6, 6.07) is 8.85. The Balaban J connectivity index is 2.30. The number of nitrogens with zero attached hydrogens (tertiary/aromatic N) is 3. The second-order valence-electron chi connectivity index (χ2n) is 4.42. The fourth-order valence-electron chi connectivity index (χ4n) is 1.84. The zero-order valence-corrected chi connectivity index (χ0v) is 11.3. The number of aromatic nitrogens is 1. The Morgan fingerprint density at radius 2 is 2.14 bits per heavy atom. The monoisotopic (exact) mass is 291 g/mol. The minimum absolute atomic E-state index is 0.145. The molecule has 0 fully saturated rings. The van der Waals surface area contributed by atoms with Crippen molar-refractivity contribution in [3.8, 4) is 0 Å². The largest absolute Gasteiger partial charge is 0.355 e. The SMILES string of the molecule is CN(Cc1ccccc1F)c1cc([N+](=O)[O-])cc(NN)n1. The third-order valence-corrected chi connectivity index (χ3v) is 2.91. The van der Waals surface area contributed by atoms with Crippen molar-refractivity contribution >= 4 is 17.3 Å². The number of hydrogen-bond donors (Lipinski definition) is 2. The Labute approximate surface area is 120 Å². The van der Waals surface area contributed by atoms with Crippen molar-refractivity contribution in [1.29, 1.82) is 0 Å². The molecule has 110 valence electrons. The van der Waals surface area contributed by atoms with E-state index in [0.29, 0.717) is 11.4 Å². The molecule has 0 aliphatic heterocycles. The number of benzene rings is 1. The van der Waals surface area contributed by atoms with Crippen molar-refractivity contribution in [3.63, 3.8) is 0 Å². The minimum atomic E-state index is -0.539. The Kier molecular flexibility index (Phi) is 4.29. The first kappa shape index (κ1) is 14.7. The molecular weight excluding hydrogens is 277 g/mol. The van der Waals surface area contributed by atoms with Crippen LogP contribution in [0.4, 0.5) is 21.7 Å². The molecule has 21 heavy (non-hydrogen) atoms. The number of nitrogens with one attached hydrogen (secondary N) is 1. The van der Waals surface area contributed by atoms with Crippen LogP contribution in [0, 0.1) is 15.9 Å². The molecule has 0 spiro atoms. The second kappa shape index (κ2) is 6.14. The van der Waals surface area contributed by atoms with E-state index in [1.54, 1.807) is 30.1 Å². The molecule has 0 radical (unpaired) electrons. The summed E-state index contributed by atoms with van der Waals surface area (Å²) in [5.74, 6) is 5.40. The van der Waals surface area contributed by atoms with E-state index in [0.717, 1.165) is 0 Å². The summed E-state index contributed by atoms with van der Waals surface area (Å²) in [6.07, 6.45) is 0. The highest BCUT2D eigenvalue weighted by atomic mass is 19.1. The molecule has 0 aliphatic rings. The Morgan fingerprint density at radius 1 is 1.43 bits per heavy atom. The maximum Gasteiger partial charge on any atom is 0.276 e. The summed E-state index contributed by atoms with van der Waals surface area (Å²) in [7, 11) is 1.67. The van der Waals surface area contributed by atoms with Gasteiger partial charge in [0.1, 0.15) is 17.5 Å². The number of nitrogens with two attached hydrogens (primary N) is 1. The molecule has 0 unspecified atom stereocenters. The van der Waals surface area contributed by atoms with E-state index >= 15 is 0 Å². The molecule has 0 bridgehead atoms. The fourth-order valence-corrected chi connectivity index (χ4v) is 1.84. The average Bonchev–Trinajstić information content (AvgIpc) is 2.49. The van der Waals surface area contributed by atoms with Crippen LogP contribution in [0.1, 0.15) is 5.56 Å². The molecular formula is C13H14FN5O2. The van der Waals surface area contributed by atoms with Crippen LogP contribution in [-0.2, 0) is 6.54 Å². The van der Waals surface area contributed by atoms with Crippen LogP contribution in [0.2, 0.25) is 0 Å². The molecule has 0 saturated carbocycles. The van der Waals surface area contributed by atoms with Gasteiger partial charge < -0.3 is 10.3 Å². The molecule has 1 aromatic carbocycles. The van der Waals surface area contributed by atoms with E-state index in [1.807, 2.05) is 0 Å². The standard InChI is InChI=1S/C13H14FN5O2/c1-18(8-9-4-2-3-5-11(9)14)13-7-10(19(20)21)6-12(16-13)17-15/h2-7H,8,15H2,1H3,(H,16,17). The van der Waals surface area contributed by atoms with Gasteiger partial charge in [-0.25, -0.2) is 15.2 Å². The number of anilines is 2. The van der Waals surface area contributed by atoms with E-state index in [4.69, 9.17) is 5.84 Å². The van der Waals surface area contributed by atoms with Gasteiger partial charge in [0.15, 0.2) is 0 Å². The van der Waals surface area contributed by atoms with Crippen molar-refractivity contribution in [1.82, 2.24) is 4.98 Å². The lowest BCUT2D eigenvalue weighted by atomic mass is 10.2. The van der Waals surface area contributed by atoms with Gasteiger partial charge in [0.2, 0.25) is 0 Å². The van der Waals surface area contributed by atoms with Crippen LogP contribution in [0.5, 0.6) is 0 Å². The Morgan fingerprint density at radius 3 is 2.76 bits per heavy atom. The predicted molar refractivity (Wildman–Crippen MR) is 77.2 cm³/mol. The lowest BCUT2D eigenvalue weighted by molar-refractivity contribution is -0.384. The summed E-state index contributed by atoms with van der Waals surface area (Å²) < 4.78 is 13.6. The zero-order valence-electron chi connectivity index (χ0n) is 11.3. The molecule has 0 saturated heterocycles. The third kappa shape index (κ3) is 3.42. The third-order valence-electron chi connectivity index (χ3n) is 2.91. The van der Waals surface area contributed by atoms with Crippen LogP contribution in [0.25, 0.3) is 0 Å². The number of pyridine rings is 1. The van der Waals surface area contributed by atoms with Crippen molar-refractivity contribution < 1.29 is 9.31 Å². The summed E-state index contributed by atoms with van der Waals surface area (Å²) in [4.78, 5) is 16.1. The number of halogens is 1. The molecule has 0 aliphatic carbocycles. The van der Waals surface area contributed by atoms with Crippen LogP contribution in [-0.4, -0.2) is 17.0 Å². The minimum Gasteiger partial charge on any atom is -0.355 e. The molecule has 2 aromatic rings. The first-order chi connectivity index (χ1) is 10.0. The molecule has 7 nitrogen and oxygen atoms in total. The molecule has 2 rings (SSSR count). The van der Waals surface area contributed by atoms with Crippen LogP contribution in [0.15, 0.2) is 36.4 Å². The van der Waals surface area contributed by atoms with Gasteiger partial charge in [-0.1, -0.05) is 18.2 Å². The molecule has 1 aromatic heterocycles. The average molecular weight is 291 g/mol. The van der Waals surface area contributed by atoms with Gasteiger partial charge in [0.25, 0.3) is 5.69 Å². The zero-order chi connectivity index (χ0) is 15.4. The second-order valence-corrected chi connectivity index (χ2v) is 4.42. The van der Waals surface area contributed by atoms with Crippen molar-refractivity contribution in [3.05, 3.63) is 57.9 Å². The first-order valence-electron chi connectivity index (χ1n) is 6.09. The van der Waals surface area contributed by atoms with Gasteiger partial charge in [-0.3, -0.25) is 10.1 Å². The summed E-state index contributed by atoms with van der Waals surface area (Å²) in [6.45, 7) is 0.227. The highest BCUT2D eigenvalue weighted by Crippen LogP contribution is 2.23. The highest BCUT2D eigenvalue weighted by Gasteiger charge is 2.14. The molecule has 8 heteroatoms. The number of hydrazine groups is 1. The highest BCUT2D eigenvalue weighted by molar-refractivity contribution is 5.55. The Hall–Kier alpha value is -2.74. The van der Waals surface area contributed by atoms with Gasteiger partial charge in [-0.15, -0.1) is 0 Å². The number of nitro groups is 1. The number of hydrogen-bond acceptors (Lipinski definition) is 6. The van der Waals surface area contributed by atoms with Gasteiger partial charge in [-0.2, -0.15) is 0 Å². The quantitative estimate of drug-likeness (QED) is 0.497. The molecule has 3 N–H and O–H groups in total. The fraction of sp³-hybridized carbons (Fsp3) is 0.154. The van der Waals surface area contributed by atoms with Gasteiger partial charge in [-0.05, 0) is 6.07 Å². The van der Waals surface area contributed by atoms with Crippen molar-refractivity contribution in [2.24, 2.45) is 5.84 Å². The molecule has 0 atom stereocenters. The maximum absolute atomic E-state index is 13.6. The van der Waals surface area contributed by atoms with Crippen LogP contribution < -0.4 is 16.2 Å². The summed E-state index contributed by atoms with van der Waals surface area (Å²) >= 11 is 0. The smallest absolute Gasteiger partial charge is 0.276 e. The normalized spacial score (nSPS) is 10.2. The molecule has 1 heterocycles. The summed E-state index contributed by atoms with van der Waals surface area (Å²) in [5, 5.41) is 10.9. The van der Waals surface area contributed by atoms with Gasteiger partial charge in [0, 0.05) is 19.2 Å². The van der Waals surface area contributed by atoms with Gasteiger partial charge in [0.05, 0.1) is 17.1 Å². The number of rotatable bonds is 5. The van der Waals surface area contributed by atoms with Crippen LogP contribution in [0.3, 0.4) is 0 Å². The van der Waals surface area contributed by atoms with E-state index in [-0.39, 0.29) is 23.9 Å². The van der Waals surface area contributed by atoms with E-state index in [2.05, 4.69) is 10.4 Å². The van der Waals surface area contributed by atoms with Gasteiger partial charge >= 0.3 is 0 Å². The lowest BCUT2D eigenvalue weighted by Crippen LogP contribution is -2.20. The van der Waals surface area contributed by atoms with Crippen molar-refractivity contribution in [2.75, 3.05) is 17.4 Å². The Bertz CT molecular complexity index is 665. The lowest BCUT2D eigenvalue weighted by Gasteiger charge is -2.19.